The van der Waals surface area contributed by atoms with Gasteiger partial charge in [0, 0.05) is 44.0 Å². The molecular weight excluding hydrogens is 502 g/mol. The zero-order valence-corrected chi connectivity index (χ0v) is 19.8. The Hall–Kier alpha value is -2.43. The van der Waals surface area contributed by atoms with Crippen LogP contribution in [0.2, 0.25) is 0 Å². The molecule has 9 heteroatoms. The number of aliphatic imine (C=N–C) groups is 1. The van der Waals surface area contributed by atoms with Crippen molar-refractivity contribution in [1.29, 1.82) is 0 Å². The molecule has 0 amide bonds. The molecule has 0 aromatic heterocycles. The maximum absolute atomic E-state index is 13.1. The fourth-order valence-corrected chi connectivity index (χ4v) is 3.34. The number of rotatable bonds is 6. The van der Waals surface area contributed by atoms with Crippen molar-refractivity contribution in [2.75, 3.05) is 52.4 Å². The van der Waals surface area contributed by atoms with Crippen molar-refractivity contribution in [3.8, 4) is 17.2 Å². The third-order valence-corrected chi connectivity index (χ3v) is 5.01. The SMILES string of the molecule is COc1cc(OC)c(CN=C(N)N2CCN(c3ccc(F)cc3)CC2)c(OC)c1.I. The van der Waals surface area contributed by atoms with E-state index in [0.717, 1.165) is 37.4 Å². The quantitative estimate of drug-likeness (QED) is 0.352. The van der Waals surface area contributed by atoms with E-state index in [0.29, 0.717) is 29.8 Å². The number of halogens is 2. The minimum Gasteiger partial charge on any atom is -0.496 e. The van der Waals surface area contributed by atoms with E-state index in [1.165, 1.54) is 12.1 Å². The molecule has 0 unspecified atom stereocenters. The molecule has 1 heterocycles. The lowest BCUT2D eigenvalue weighted by molar-refractivity contribution is 0.367. The molecule has 1 saturated heterocycles. The van der Waals surface area contributed by atoms with Crippen molar-refractivity contribution >= 4 is 35.6 Å². The van der Waals surface area contributed by atoms with Gasteiger partial charge in [-0.3, -0.25) is 0 Å². The number of nitrogens with zero attached hydrogens (tertiary/aromatic N) is 3. The summed E-state index contributed by atoms with van der Waals surface area (Å²) in [5.74, 6) is 2.17. The molecule has 1 fully saturated rings. The van der Waals surface area contributed by atoms with E-state index in [2.05, 4.69) is 9.89 Å². The van der Waals surface area contributed by atoms with Crippen LogP contribution in [0.15, 0.2) is 41.4 Å². The molecule has 2 aromatic rings. The van der Waals surface area contributed by atoms with Gasteiger partial charge in [-0.05, 0) is 24.3 Å². The first kappa shape index (κ1) is 23.8. The molecular formula is C21H28FIN4O3. The smallest absolute Gasteiger partial charge is 0.191 e. The molecule has 0 aliphatic carbocycles. The van der Waals surface area contributed by atoms with Gasteiger partial charge in [-0.15, -0.1) is 24.0 Å². The predicted molar refractivity (Wildman–Crippen MR) is 127 cm³/mol. The summed E-state index contributed by atoms with van der Waals surface area (Å²) in [4.78, 5) is 8.80. The lowest BCUT2D eigenvalue weighted by Crippen LogP contribution is -2.51. The average Bonchev–Trinajstić information content (AvgIpc) is 2.77. The maximum Gasteiger partial charge on any atom is 0.191 e. The number of hydrogen-bond acceptors (Lipinski definition) is 5. The Morgan fingerprint density at radius 1 is 0.967 bits per heavy atom. The molecule has 0 atom stereocenters. The molecule has 30 heavy (non-hydrogen) atoms. The minimum absolute atomic E-state index is 0. The molecule has 7 nitrogen and oxygen atoms in total. The number of anilines is 1. The number of hydrogen-bond donors (Lipinski definition) is 1. The van der Waals surface area contributed by atoms with Crippen molar-refractivity contribution in [1.82, 2.24) is 4.90 Å². The van der Waals surface area contributed by atoms with Crippen molar-refractivity contribution in [2.24, 2.45) is 10.7 Å². The lowest BCUT2D eigenvalue weighted by atomic mass is 10.1. The second kappa shape index (κ2) is 11.1. The zero-order chi connectivity index (χ0) is 20.8. The van der Waals surface area contributed by atoms with Crippen LogP contribution in [0.4, 0.5) is 10.1 Å². The molecule has 164 valence electrons. The molecule has 0 saturated carbocycles. The summed E-state index contributed by atoms with van der Waals surface area (Å²) in [6.07, 6.45) is 0. The van der Waals surface area contributed by atoms with Gasteiger partial charge in [-0.25, -0.2) is 9.38 Å². The van der Waals surface area contributed by atoms with E-state index < -0.39 is 0 Å². The molecule has 0 spiro atoms. The van der Waals surface area contributed by atoms with Crippen LogP contribution in [0.25, 0.3) is 0 Å². The monoisotopic (exact) mass is 530 g/mol. The fraction of sp³-hybridized carbons (Fsp3) is 0.381. The van der Waals surface area contributed by atoms with Crippen molar-refractivity contribution in [3.63, 3.8) is 0 Å². The van der Waals surface area contributed by atoms with Crippen LogP contribution in [-0.2, 0) is 6.54 Å². The largest absolute Gasteiger partial charge is 0.496 e. The van der Waals surface area contributed by atoms with Crippen LogP contribution in [0.3, 0.4) is 0 Å². The maximum atomic E-state index is 13.1. The highest BCUT2D eigenvalue weighted by molar-refractivity contribution is 14.0. The standard InChI is InChI=1S/C21H27FN4O3.HI/c1-27-17-12-19(28-2)18(20(13-17)29-3)14-24-21(23)26-10-8-25(9-11-26)16-6-4-15(22)5-7-16;/h4-7,12-13H,8-11,14H2,1-3H3,(H2,23,24);1H. The number of piperazine rings is 1. The summed E-state index contributed by atoms with van der Waals surface area (Å²) in [6.45, 7) is 3.39. The van der Waals surface area contributed by atoms with E-state index >= 15 is 0 Å². The normalized spacial score (nSPS) is 14.2. The van der Waals surface area contributed by atoms with Gasteiger partial charge in [-0.2, -0.15) is 0 Å². The summed E-state index contributed by atoms with van der Waals surface area (Å²) >= 11 is 0. The Kier molecular flexibility index (Phi) is 8.82. The number of guanidine groups is 1. The summed E-state index contributed by atoms with van der Waals surface area (Å²) in [6, 6.07) is 10.1. The van der Waals surface area contributed by atoms with Crippen molar-refractivity contribution < 1.29 is 18.6 Å². The van der Waals surface area contributed by atoms with E-state index in [-0.39, 0.29) is 29.8 Å². The van der Waals surface area contributed by atoms with Gasteiger partial charge in [0.2, 0.25) is 0 Å². The Labute approximate surface area is 193 Å². The minimum atomic E-state index is -0.229. The first-order valence-corrected chi connectivity index (χ1v) is 9.40. The fourth-order valence-electron chi connectivity index (χ4n) is 3.34. The molecule has 0 bridgehead atoms. The van der Waals surface area contributed by atoms with Gasteiger partial charge in [0.05, 0.1) is 33.4 Å². The molecule has 1 aliphatic rings. The van der Waals surface area contributed by atoms with E-state index in [1.807, 2.05) is 4.90 Å². The Balaban J connectivity index is 0.00000320. The Bertz CT molecular complexity index is 831. The number of benzene rings is 2. The lowest BCUT2D eigenvalue weighted by Gasteiger charge is -2.36. The van der Waals surface area contributed by atoms with Gasteiger partial charge < -0.3 is 29.7 Å². The van der Waals surface area contributed by atoms with Gasteiger partial charge in [-0.1, -0.05) is 0 Å². The Morgan fingerprint density at radius 2 is 1.53 bits per heavy atom. The zero-order valence-electron chi connectivity index (χ0n) is 17.4. The molecule has 2 aromatic carbocycles. The Morgan fingerprint density at radius 3 is 2.03 bits per heavy atom. The average molecular weight is 530 g/mol. The molecule has 1 aliphatic heterocycles. The summed E-state index contributed by atoms with van der Waals surface area (Å²) in [7, 11) is 4.79. The van der Waals surface area contributed by atoms with Crippen LogP contribution in [-0.4, -0.2) is 58.4 Å². The van der Waals surface area contributed by atoms with Crippen LogP contribution in [0.1, 0.15) is 5.56 Å². The summed E-state index contributed by atoms with van der Waals surface area (Å²) in [5.41, 5.74) is 8.06. The third kappa shape index (κ3) is 5.59. The number of methoxy groups -OCH3 is 3. The molecule has 3 rings (SSSR count). The van der Waals surface area contributed by atoms with Gasteiger partial charge in [0.15, 0.2) is 5.96 Å². The highest BCUT2D eigenvalue weighted by Crippen LogP contribution is 2.34. The van der Waals surface area contributed by atoms with Crippen LogP contribution >= 0.6 is 24.0 Å². The van der Waals surface area contributed by atoms with E-state index in [9.17, 15) is 4.39 Å². The third-order valence-electron chi connectivity index (χ3n) is 5.01. The van der Waals surface area contributed by atoms with E-state index in [1.54, 1.807) is 45.6 Å². The highest BCUT2D eigenvalue weighted by Gasteiger charge is 2.19. The molecule has 0 radical (unpaired) electrons. The van der Waals surface area contributed by atoms with Gasteiger partial charge >= 0.3 is 0 Å². The second-order valence-corrected chi connectivity index (χ2v) is 6.64. The first-order valence-electron chi connectivity index (χ1n) is 9.40. The van der Waals surface area contributed by atoms with Crippen molar-refractivity contribution in [2.45, 2.75) is 6.54 Å². The highest BCUT2D eigenvalue weighted by atomic mass is 127. The van der Waals surface area contributed by atoms with E-state index in [4.69, 9.17) is 19.9 Å². The summed E-state index contributed by atoms with van der Waals surface area (Å²) < 4.78 is 29.3. The van der Waals surface area contributed by atoms with Crippen LogP contribution in [0.5, 0.6) is 17.2 Å². The summed E-state index contributed by atoms with van der Waals surface area (Å²) in [5, 5.41) is 0. The van der Waals surface area contributed by atoms with Gasteiger partial charge in [0.25, 0.3) is 0 Å². The predicted octanol–water partition coefficient (Wildman–Crippen LogP) is 3.11. The topological polar surface area (TPSA) is 72.6 Å². The number of nitrogens with two attached hydrogens (primary N) is 1. The second-order valence-electron chi connectivity index (χ2n) is 6.64. The van der Waals surface area contributed by atoms with Crippen LogP contribution in [0, 0.1) is 5.82 Å². The number of ether oxygens (including phenoxy) is 3. The first-order chi connectivity index (χ1) is 14.0. The van der Waals surface area contributed by atoms with Crippen molar-refractivity contribution in [3.05, 3.63) is 47.8 Å². The van der Waals surface area contributed by atoms with Crippen LogP contribution < -0.4 is 24.8 Å². The molecule has 2 N–H and O–H groups in total. The van der Waals surface area contributed by atoms with Gasteiger partial charge in [0.1, 0.15) is 23.1 Å².